The third kappa shape index (κ3) is 4.20. The zero-order valence-electron chi connectivity index (χ0n) is 20.9. The van der Waals surface area contributed by atoms with E-state index in [0.717, 1.165) is 47.1 Å². The SMILES string of the molecule is Cn1cc(-c2cc3c(N4CC=C(c5ncc([C@](C)(N)c6ccc(F)cc6F)cn5)CC4)ncnn3c2)cn1. The molecule has 0 saturated heterocycles. The Balaban J connectivity index is 1.22. The molecular formula is C27H25F2N9. The lowest BCUT2D eigenvalue weighted by molar-refractivity contribution is 0.515. The molecule has 4 aromatic heterocycles. The highest BCUT2D eigenvalue weighted by molar-refractivity contribution is 5.78. The summed E-state index contributed by atoms with van der Waals surface area (Å²) in [6.07, 6.45) is 13.3. The Morgan fingerprint density at radius 3 is 2.47 bits per heavy atom. The van der Waals surface area contributed by atoms with Crippen molar-refractivity contribution in [3.05, 3.63) is 96.2 Å². The average molecular weight is 514 g/mol. The van der Waals surface area contributed by atoms with E-state index in [2.05, 4.69) is 42.2 Å². The molecule has 0 amide bonds. The van der Waals surface area contributed by atoms with Gasteiger partial charge in [-0.2, -0.15) is 10.2 Å². The van der Waals surface area contributed by atoms with Crippen LogP contribution in [-0.2, 0) is 12.6 Å². The number of hydrogen-bond acceptors (Lipinski definition) is 7. The number of nitrogens with two attached hydrogens (primary N) is 1. The van der Waals surface area contributed by atoms with Crippen LogP contribution in [0.5, 0.6) is 0 Å². The van der Waals surface area contributed by atoms with Gasteiger partial charge in [-0.05, 0) is 31.1 Å². The van der Waals surface area contributed by atoms with Crippen LogP contribution < -0.4 is 10.6 Å². The van der Waals surface area contributed by atoms with Gasteiger partial charge in [0.25, 0.3) is 0 Å². The predicted molar refractivity (Wildman–Crippen MR) is 139 cm³/mol. The van der Waals surface area contributed by atoms with E-state index in [1.807, 2.05) is 30.2 Å². The molecule has 0 radical (unpaired) electrons. The first-order chi connectivity index (χ1) is 18.3. The van der Waals surface area contributed by atoms with Crippen LogP contribution in [0.3, 0.4) is 0 Å². The summed E-state index contributed by atoms with van der Waals surface area (Å²) in [4.78, 5) is 15.8. The van der Waals surface area contributed by atoms with Crippen molar-refractivity contribution in [2.45, 2.75) is 18.9 Å². The van der Waals surface area contributed by atoms with Crippen molar-refractivity contribution >= 4 is 16.9 Å². The summed E-state index contributed by atoms with van der Waals surface area (Å²) in [5.41, 5.74) is 9.89. The molecule has 9 nitrogen and oxygen atoms in total. The smallest absolute Gasteiger partial charge is 0.156 e. The minimum atomic E-state index is -1.21. The second-order valence-electron chi connectivity index (χ2n) is 9.59. The molecular weight excluding hydrogens is 488 g/mol. The van der Waals surface area contributed by atoms with Crippen LogP contribution in [0.2, 0.25) is 0 Å². The van der Waals surface area contributed by atoms with Crippen molar-refractivity contribution < 1.29 is 8.78 Å². The first-order valence-corrected chi connectivity index (χ1v) is 12.1. The first kappa shape index (κ1) is 23.9. The van der Waals surface area contributed by atoms with E-state index in [1.165, 1.54) is 12.1 Å². The van der Waals surface area contributed by atoms with Crippen LogP contribution in [0.25, 0.3) is 22.2 Å². The van der Waals surface area contributed by atoms with E-state index in [1.54, 1.807) is 30.3 Å². The summed E-state index contributed by atoms with van der Waals surface area (Å²) in [7, 11) is 1.89. The van der Waals surface area contributed by atoms with Crippen LogP contribution >= 0.6 is 0 Å². The van der Waals surface area contributed by atoms with Gasteiger partial charge in [-0.15, -0.1) is 0 Å². The van der Waals surface area contributed by atoms with E-state index >= 15 is 0 Å². The van der Waals surface area contributed by atoms with Crippen molar-refractivity contribution in [3.63, 3.8) is 0 Å². The van der Waals surface area contributed by atoms with E-state index < -0.39 is 17.2 Å². The molecule has 192 valence electrons. The van der Waals surface area contributed by atoms with Crippen molar-refractivity contribution in [1.82, 2.24) is 34.3 Å². The molecule has 1 atom stereocenters. The lowest BCUT2D eigenvalue weighted by Crippen LogP contribution is -2.35. The van der Waals surface area contributed by atoms with Gasteiger partial charge in [-0.25, -0.2) is 28.2 Å². The lowest BCUT2D eigenvalue weighted by Gasteiger charge is -2.28. The van der Waals surface area contributed by atoms with Crippen LogP contribution in [0.1, 0.15) is 30.3 Å². The Hall–Kier alpha value is -4.51. The van der Waals surface area contributed by atoms with Gasteiger partial charge in [0.15, 0.2) is 11.6 Å². The maximum absolute atomic E-state index is 14.4. The molecule has 1 aliphatic heterocycles. The van der Waals surface area contributed by atoms with Gasteiger partial charge in [0.1, 0.15) is 23.5 Å². The molecule has 6 rings (SSSR count). The molecule has 0 bridgehead atoms. The molecule has 38 heavy (non-hydrogen) atoms. The second kappa shape index (κ2) is 9.10. The largest absolute Gasteiger partial charge is 0.351 e. The van der Waals surface area contributed by atoms with Crippen molar-refractivity contribution in [2.24, 2.45) is 12.8 Å². The number of hydrogen-bond donors (Lipinski definition) is 1. The number of rotatable bonds is 5. The summed E-state index contributed by atoms with van der Waals surface area (Å²) >= 11 is 0. The third-order valence-electron chi connectivity index (χ3n) is 6.96. The summed E-state index contributed by atoms with van der Waals surface area (Å²) < 4.78 is 31.3. The zero-order valence-corrected chi connectivity index (χ0v) is 20.9. The minimum Gasteiger partial charge on any atom is -0.351 e. The van der Waals surface area contributed by atoms with Crippen molar-refractivity contribution in [3.8, 4) is 11.1 Å². The summed E-state index contributed by atoms with van der Waals surface area (Å²) in [6, 6.07) is 5.44. The second-order valence-corrected chi connectivity index (χ2v) is 9.59. The molecule has 1 aliphatic rings. The van der Waals surface area contributed by atoms with Crippen molar-refractivity contribution in [1.29, 1.82) is 0 Å². The van der Waals surface area contributed by atoms with Gasteiger partial charge >= 0.3 is 0 Å². The molecule has 0 saturated carbocycles. The van der Waals surface area contributed by atoms with Gasteiger partial charge < -0.3 is 10.6 Å². The Morgan fingerprint density at radius 1 is 0.974 bits per heavy atom. The Morgan fingerprint density at radius 2 is 1.79 bits per heavy atom. The predicted octanol–water partition coefficient (Wildman–Crippen LogP) is 3.71. The fourth-order valence-corrected chi connectivity index (χ4v) is 4.78. The van der Waals surface area contributed by atoms with E-state index in [0.29, 0.717) is 17.9 Å². The number of aromatic nitrogens is 7. The van der Waals surface area contributed by atoms with Gasteiger partial charge in [0, 0.05) is 73.2 Å². The normalized spacial score (nSPS) is 15.5. The number of aryl methyl sites for hydroxylation is 1. The molecule has 0 spiro atoms. The van der Waals surface area contributed by atoms with Gasteiger partial charge in [0.05, 0.1) is 11.7 Å². The summed E-state index contributed by atoms with van der Waals surface area (Å²) in [5, 5.41) is 8.63. The Labute approximate surface area is 217 Å². The molecule has 1 aromatic carbocycles. The van der Waals surface area contributed by atoms with Gasteiger partial charge in [-0.1, -0.05) is 12.1 Å². The molecule has 11 heteroatoms. The third-order valence-corrected chi connectivity index (χ3v) is 6.96. The Kier molecular flexibility index (Phi) is 5.72. The number of benzene rings is 1. The number of anilines is 1. The van der Waals surface area contributed by atoms with Crippen LogP contribution in [0, 0.1) is 11.6 Å². The van der Waals surface area contributed by atoms with E-state index in [4.69, 9.17) is 5.73 Å². The average Bonchev–Trinajstić information content (AvgIpc) is 3.55. The van der Waals surface area contributed by atoms with Crippen LogP contribution in [0.4, 0.5) is 14.6 Å². The highest BCUT2D eigenvalue weighted by atomic mass is 19.1. The maximum atomic E-state index is 14.4. The highest BCUT2D eigenvalue weighted by Crippen LogP contribution is 2.31. The molecule has 0 aliphatic carbocycles. The topological polar surface area (TPSA) is 103 Å². The Bertz CT molecular complexity index is 1670. The van der Waals surface area contributed by atoms with Crippen molar-refractivity contribution in [2.75, 3.05) is 18.0 Å². The van der Waals surface area contributed by atoms with Gasteiger partial charge in [-0.3, -0.25) is 4.68 Å². The van der Waals surface area contributed by atoms with Crippen LogP contribution in [0.15, 0.2) is 67.7 Å². The number of halogens is 2. The molecule has 0 unspecified atom stereocenters. The van der Waals surface area contributed by atoms with Crippen LogP contribution in [-0.4, -0.2) is 47.4 Å². The molecule has 5 heterocycles. The zero-order chi connectivity index (χ0) is 26.4. The van der Waals surface area contributed by atoms with E-state index in [-0.39, 0.29) is 5.56 Å². The first-order valence-electron chi connectivity index (χ1n) is 12.1. The number of nitrogens with zero attached hydrogens (tertiary/aromatic N) is 8. The quantitative estimate of drug-likeness (QED) is 0.382. The standard InChI is InChI=1S/C27H25F2N9/c1-27(30,22-4-3-21(28)10-23(22)29)20-12-31-25(32-13-20)17-5-7-37(8-6-17)26-24-9-18(15-38(24)35-16-33-26)19-11-34-36(2)14-19/h3-5,9-16H,6-8,30H2,1-2H3/t27-/m0/s1. The molecule has 0 fully saturated rings. The highest BCUT2D eigenvalue weighted by Gasteiger charge is 2.28. The lowest BCUT2D eigenvalue weighted by atomic mass is 9.87. The molecule has 5 aromatic rings. The van der Waals surface area contributed by atoms with E-state index in [9.17, 15) is 8.78 Å². The summed E-state index contributed by atoms with van der Waals surface area (Å²) in [5.74, 6) is 0.0872. The maximum Gasteiger partial charge on any atom is 0.156 e. The fraction of sp³-hybridized carbons (Fsp3) is 0.222. The summed E-state index contributed by atoms with van der Waals surface area (Å²) in [6.45, 7) is 3.02. The van der Waals surface area contributed by atoms with Gasteiger partial charge in [0.2, 0.25) is 0 Å². The minimum absolute atomic E-state index is 0.177. The monoisotopic (exact) mass is 513 g/mol. The molecule has 2 N–H and O–H groups in total. The number of fused-ring (bicyclic) bond motifs is 1. The fourth-order valence-electron chi connectivity index (χ4n) is 4.78.